The molecule has 0 aliphatic heterocycles. The van der Waals surface area contributed by atoms with Crippen LogP contribution in [0.15, 0.2) is 12.1 Å². The Balaban J connectivity index is 2.11. The first kappa shape index (κ1) is 9.63. The average molecular weight is 216 g/mol. The number of nitrogens with zero attached hydrogens (tertiary/aromatic N) is 3. The van der Waals surface area contributed by atoms with Gasteiger partial charge in [-0.05, 0) is 19.8 Å². The van der Waals surface area contributed by atoms with Crippen LogP contribution in [0.3, 0.4) is 0 Å². The van der Waals surface area contributed by atoms with Crippen LogP contribution in [0.25, 0.3) is 5.65 Å². The molecule has 2 aromatic heterocycles. The van der Waals surface area contributed by atoms with Gasteiger partial charge in [-0.25, -0.2) is 4.98 Å². The molecular weight excluding hydrogens is 200 g/mol. The van der Waals surface area contributed by atoms with Crippen molar-refractivity contribution in [3.05, 3.63) is 23.5 Å². The van der Waals surface area contributed by atoms with Gasteiger partial charge < -0.3 is 5.73 Å². The van der Waals surface area contributed by atoms with Crippen molar-refractivity contribution in [2.45, 2.75) is 38.5 Å². The van der Waals surface area contributed by atoms with E-state index in [4.69, 9.17) is 5.73 Å². The molecular formula is C12H16N4. The largest absolute Gasteiger partial charge is 0.384 e. The Hall–Kier alpha value is -1.58. The molecule has 2 N–H and O–H groups in total. The molecule has 0 aromatic carbocycles. The predicted octanol–water partition coefficient (Wildman–Crippen LogP) is 2.28. The number of nitrogen functional groups attached to an aromatic ring is 1. The number of nitrogens with two attached hydrogens (primary N) is 1. The number of fused-ring (bicyclic) bond motifs is 1. The van der Waals surface area contributed by atoms with E-state index in [-0.39, 0.29) is 0 Å². The third-order valence-corrected chi connectivity index (χ3v) is 3.38. The molecule has 1 aliphatic rings. The maximum atomic E-state index is 5.93. The Kier molecular flexibility index (Phi) is 2.09. The summed E-state index contributed by atoms with van der Waals surface area (Å²) in [5.74, 6) is 1.29. The zero-order chi connectivity index (χ0) is 11.1. The third kappa shape index (κ3) is 1.45. The predicted molar refractivity (Wildman–Crippen MR) is 63.3 cm³/mol. The van der Waals surface area contributed by atoms with Crippen molar-refractivity contribution in [1.82, 2.24) is 14.6 Å². The second-order valence-corrected chi connectivity index (χ2v) is 4.64. The van der Waals surface area contributed by atoms with Crippen molar-refractivity contribution in [3.63, 3.8) is 0 Å². The van der Waals surface area contributed by atoms with Crippen molar-refractivity contribution in [3.8, 4) is 0 Å². The summed E-state index contributed by atoms with van der Waals surface area (Å²) in [6.07, 6.45) is 5.15. The smallest absolute Gasteiger partial charge is 0.157 e. The van der Waals surface area contributed by atoms with Gasteiger partial charge in [0.15, 0.2) is 5.65 Å². The van der Waals surface area contributed by atoms with E-state index < -0.39 is 0 Å². The van der Waals surface area contributed by atoms with Crippen LogP contribution in [0.5, 0.6) is 0 Å². The average Bonchev–Trinajstić information content (AvgIpc) is 2.82. The van der Waals surface area contributed by atoms with E-state index in [2.05, 4.69) is 16.1 Å². The fraction of sp³-hybridized carbons (Fsp3) is 0.500. The minimum absolute atomic E-state index is 0.612. The Morgan fingerprint density at radius 3 is 2.81 bits per heavy atom. The van der Waals surface area contributed by atoms with Crippen LogP contribution in [0.4, 0.5) is 5.82 Å². The molecule has 4 nitrogen and oxygen atoms in total. The van der Waals surface area contributed by atoms with E-state index in [9.17, 15) is 0 Å². The first-order chi connectivity index (χ1) is 7.74. The van der Waals surface area contributed by atoms with E-state index in [1.165, 1.54) is 25.7 Å². The number of rotatable bonds is 1. The van der Waals surface area contributed by atoms with Crippen molar-refractivity contribution < 1.29 is 0 Å². The lowest BCUT2D eigenvalue weighted by molar-refractivity contribution is 0.685. The number of anilines is 1. The Bertz CT molecular complexity index is 523. The lowest BCUT2D eigenvalue weighted by Crippen LogP contribution is -2.01. The second-order valence-electron chi connectivity index (χ2n) is 4.64. The molecule has 0 unspecified atom stereocenters. The Labute approximate surface area is 94.5 Å². The molecule has 0 saturated heterocycles. The van der Waals surface area contributed by atoms with E-state index >= 15 is 0 Å². The standard InChI is InChI=1S/C12H16N4/c1-8-6-11(13)16-12(14-8)7-10(15-16)9-4-2-3-5-9/h6-7,9H,2-5,13H2,1H3. The Morgan fingerprint density at radius 2 is 2.06 bits per heavy atom. The lowest BCUT2D eigenvalue weighted by atomic mass is 10.1. The summed E-state index contributed by atoms with van der Waals surface area (Å²) in [7, 11) is 0. The minimum Gasteiger partial charge on any atom is -0.384 e. The van der Waals surface area contributed by atoms with E-state index in [0.717, 1.165) is 17.0 Å². The number of hydrogen-bond acceptors (Lipinski definition) is 3. The number of aromatic nitrogens is 3. The summed E-state index contributed by atoms with van der Waals surface area (Å²) in [6.45, 7) is 1.96. The van der Waals surface area contributed by atoms with Gasteiger partial charge in [0.05, 0.1) is 5.69 Å². The van der Waals surface area contributed by atoms with Gasteiger partial charge in [-0.1, -0.05) is 12.8 Å². The van der Waals surface area contributed by atoms with Gasteiger partial charge in [0, 0.05) is 23.7 Å². The van der Waals surface area contributed by atoms with Crippen LogP contribution < -0.4 is 5.73 Å². The molecule has 0 bridgehead atoms. The van der Waals surface area contributed by atoms with E-state index in [1.807, 2.05) is 13.0 Å². The zero-order valence-corrected chi connectivity index (χ0v) is 9.48. The topological polar surface area (TPSA) is 56.2 Å². The van der Waals surface area contributed by atoms with Crippen molar-refractivity contribution in [1.29, 1.82) is 0 Å². The molecule has 2 heterocycles. The third-order valence-electron chi connectivity index (χ3n) is 3.38. The Morgan fingerprint density at radius 1 is 1.31 bits per heavy atom. The molecule has 1 fully saturated rings. The molecule has 2 aromatic rings. The molecule has 4 heteroatoms. The van der Waals surface area contributed by atoms with Crippen LogP contribution in [-0.4, -0.2) is 14.6 Å². The van der Waals surface area contributed by atoms with Crippen LogP contribution in [0.1, 0.15) is 43.0 Å². The molecule has 3 rings (SSSR count). The molecule has 16 heavy (non-hydrogen) atoms. The van der Waals surface area contributed by atoms with E-state index in [1.54, 1.807) is 4.52 Å². The highest BCUT2D eigenvalue weighted by molar-refractivity contribution is 5.48. The molecule has 1 saturated carbocycles. The molecule has 1 aliphatic carbocycles. The molecule has 0 amide bonds. The summed E-state index contributed by atoms with van der Waals surface area (Å²) in [6, 6.07) is 3.94. The monoisotopic (exact) mass is 216 g/mol. The highest BCUT2D eigenvalue weighted by Gasteiger charge is 2.20. The molecule has 84 valence electrons. The minimum atomic E-state index is 0.612. The van der Waals surface area contributed by atoms with Gasteiger partial charge in [-0.15, -0.1) is 0 Å². The fourth-order valence-corrected chi connectivity index (χ4v) is 2.57. The number of aryl methyl sites for hydroxylation is 1. The summed E-state index contributed by atoms with van der Waals surface area (Å²) in [5, 5.41) is 4.56. The first-order valence-corrected chi connectivity index (χ1v) is 5.87. The van der Waals surface area contributed by atoms with Gasteiger partial charge >= 0.3 is 0 Å². The normalized spacial score (nSPS) is 17.3. The molecule has 0 radical (unpaired) electrons. The van der Waals surface area contributed by atoms with Gasteiger partial charge in [0.1, 0.15) is 5.82 Å². The second kappa shape index (κ2) is 3.47. The molecule has 0 atom stereocenters. The summed E-state index contributed by atoms with van der Waals surface area (Å²) in [4.78, 5) is 4.45. The van der Waals surface area contributed by atoms with Crippen LogP contribution in [0, 0.1) is 6.92 Å². The molecule has 0 spiro atoms. The first-order valence-electron chi connectivity index (χ1n) is 5.87. The van der Waals surface area contributed by atoms with Crippen molar-refractivity contribution >= 4 is 11.5 Å². The number of hydrogen-bond donors (Lipinski definition) is 1. The quantitative estimate of drug-likeness (QED) is 0.795. The van der Waals surface area contributed by atoms with Crippen LogP contribution in [0.2, 0.25) is 0 Å². The van der Waals surface area contributed by atoms with Crippen LogP contribution in [-0.2, 0) is 0 Å². The maximum Gasteiger partial charge on any atom is 0.157 e. The zero-order valence-electron chi connectivity index (χ0n) is 9.48. The summed E-state index contributed by atoms with van der Waals surface area (Å²) >= 11 is 0. The van der Waals surface area contributed by atoms with Crippen molar-refractivity contribution in [2.24, 2.45) is 0 Å². The highest BCUT2D eigenvalue weighted by Crippen LogP contribution is 2.33. The van der Waals surface area contributed by atoms with Gasteiger partial charge in [-0.2, -0.15) is 9.61 Å². The lowest BCUT2D eigenvalue weighted by Gasteiger charge is -2.02. The van der Waals surface area contributed by atoms with Gasteiger partial charge in [0.25, 0.3) is 0 Å². The van der Waals surface area contributed by atoms with Crippen molar-refractivity contribution in [2.75, 3.05) is 5.73 Å². The fourth-order valence-electron chi connectivity index (χ4n) is 2.57. The van der Waals surface area contributed by atoms with Gasteiger partial charge in [0.2, 0.25) is 0 Å². The summed E-state index contributed by atoms with van der Waals surface area (Å²) in [5.41, 5.74) is 8.91. The summed E-state index contributed by atoms with van der Waals surface area (Å²) < 4.78 is 1.75. The van der Waals surface area contributed by atoms with Gasteiger partial charge in [-0.3, -0.25) is 0 Å². The van der Waals surface area contributed by atoms with Crippen LogP contribution >= 0.6 is 0 Å². The van der Waals surface area contributed by atoms with E-state index in [0.29, 0.717) is 11.7 Å². The maximum absolute atomic E-state index is 5.93. The SMILES string of the molecule is Cc1cc(N)n2nc(C3CCCC3)cc2n1. The highest BCUT2D eigenvalue weighted by atomic mass is 15.3.